The number of fused-ring (bicyclic) bond motifs is 1. The van der Waals surface area contributed by atoms with Crippen molar-refractivity contribution in [3.8, 4) is 0 Å². The van der Waals surface area contributed by atoms with E-state index in [-0.39, 0.29) is 0 Å². The van der Waals surface area contributed by atoms with Crippen LogP contribution in [0.4, 0.5) is 0 Å². The first-order chi connectivity index (χ1) is 5.42. The second-order valence-corrected chi connectivity index (χ2v) is 2.37. The maximum absolute atomic E-state index is 5.27. The summed E-state index contributed by atoms with van der Waals surface area (Å²) in [5, 5.41) is 1.19. The van der Waals surface area contributed by atoms with E-state index in [1.54, 1.807) is 4.68 Å². The minimum absolute atomic E-state index is 1.09. The number of nitrogens with two attached hydrogens (primary N) is 1. The third-order valence-corrected chi connectivity index (χ3v) is 1.74. The Morgan fingerprint density at radius 1 is 1.18 bits per heavy atom. The van der Waals surface area contributed by atoms with E-state index in [0.717, 1.165) is 5.52 Å². The number of benzene rings is 1. The Morgan fingerprint density at radius 3 is 2.82 bits per heavy atom. The average molecular weight is 147 g/mol. The molecule has 3 heteroatoms. The van der Waals surface area contributed by atoms with Crippen molar-refractivity contribution in [1.29, 1.82) is 0 Å². The molecule has 0 aliphatic rings. The van der Waals surface area contributed by atoms with Crippen LogP contribution in [0, 0.1) is 0 Å². The summed E-state index contributed by atoms with van der Waals surface area (Å²) in [7, 11) is 0. The van der Waals surface area contributed by atoms with Gasteiger partial charge < -0.3 is 0 Å². The second-order valence-electron chi connectivity index (χ2n) is 2.37. The van der Waals surface area contributed by atoms with E-state index in [2.05, 4.69) is 5.53 Å². The highest BCUT2D eigenvalue weighted by atomic mass is 15.5. The van der Waals surface area contributed by atoms with Gasteiger partial charge in [-0.05, 0) is 12.1 Å². The molecule has 1 aromatic carbocycles. The molecule has 0 atom stereocenters. The summed E-state index contributed by atoms with van der Waals surface area (Å²) in [4.78, 5) is 0. The molecule has 0 saturated heterocycles. The van der Waals surface area contributed by atoms with Gasteiger partial charge in [-0.15, -0.1) is 0 Å². The Kier molecular flexibility index (Phi) is 1.30. The maximum Gasteiger partial charge on any atom is 0.0707 e. The average Bonchev–Trinajstić information content (AvgIpc) is 2.47. The molecule has 56 valence electrons. The van der Waals surface area contributed by atoms with Gasteiger partial charge in [0, 0.05) is 11.6 Å². The van der Waals surface area contributed by atoms with Crippen LogP contribution in [-0.2, 0) is 0 Å². The van der Waals surface area contributed by atoms with Gasteiger partial charge in [0.15, 0.2) is 0 Å². The van der Waals surface area contributed by atoms with E-state index in [4.69, 9.17) is 5.84 Å². The lowest BCUT2D eigenvalue weighted by atomic mass is 10.3. The third-order valence-electron chi connectivity index (χ3n) is 1.74. The first kappa shape index (κ1) is 6.24. The van der Waals surface area contributed by atoms with Crippen LogP contribution in [0.3, 0.4) is 0 Å². The number of rotatable bonds is 1. The van der Waals surface area contributed by atoms with E-state index in [9.17, 15) is 0 Å². The van der Waals surface area contributed by atoms with Gasteiger partial charge in [0.05, 0.1) is 5.52 Å². The largest absolute Gasteiger partial charge is 0.262 e. The summed E-state index contributed by atoms with van der Waals surface area (Å²) < 4.78 is 1.77. The lowest BCUT2D eigenvalue weighted by Gasteiger charge is -2.00. The molecule has 11 heavy (non-hydrogen) atoms. The number of hydrazine groups is 1. The van der Waals surface area contributed by atoms with Crippen LogP contribution in [0.1, 0.15) is 0 Å². The van der Waals surface area contributed by atoms with Crippen LogP contribution in [0.25, 0.3) is 10.9 Å². The van der Waals surface area contributed by atoms with Gasteiger partial charge in [-0.25, -0.2) is 5.84 Å². The molecule has 0 aliphatic heterocycles. The van der Waals surface area contributed by atoms with Gasteiger partial charge in [-0.3, -0.25) is 10.2 Å². The molecule has 0 spiro atoms. The van der Waals surface area contributed by atoms with Crippen LogP contribution >= 0.6 is 0 Å². The predicted octanol–water partition coefficient (Wildman–Crippen LogP) is 1.06. The van der Waals surface area contributed by atoms with Crippen LogP contribution in [0.2, 0.25) is 0 Å². The Balaban J connectivity index is 2.76. The highest BCUT2D eigenvalue weighted by Crippen LogP contribution is 2.12. The lowest BCUT2D eigenvalue weighted by Crippen LogP contribution is -2.19. The smallest absolute Gasteiger partial charge is 0.0707 e. The minimum Gasteiger partial charge on any atom is -0.262 e. The van der Waals surface area contributed by atoms with Crippen molar-refractivity contribution >= 4 is 10.9 Å². The third kappa shape index (κ3) is 0.860. The molecule has 0 unspecified atom stereocenters. The fraction of sp³-hybridized carbons (Fsp3) is 0. The molecule has 0 saturated carbocycles. The molecule has 1 aromatic heterocycles. The highest BCUT2D eigenvalue weighted by Gasteiger charge is 1.95. The number of hydrogen-bond acceptors (Lipinski definition) is 2. The monoisotopic (exact) mass is 147 g/mol. The van der Waals surface area contributed by atoms with Crippen molar-refractivity contribution in [3.63, 3.8) is 0 Å². The summed E-state index contributed by atoms with van der Waals surface area (Å²) >= 11 is 0. The van der Waals surface area contributed by atoms with Crippen LogP contribution in [0.5, 0.6) is 0 Å². The molecule has 0 amide bonds. The number of nitrogens with one attached hydrogen (secondary N) is 1. The Bertz CT molecular complexity index is 364. The van der Waals surface area contributed by atoms with Crippen molar-refractivity contribution in [1.82, 2.24) is 4.68 Å². The van der Waals surface area contributed by atoms with Crippen molar-refractivity contribution in [2.45, 2.75) is 0 Å². The van der Waals surface area contributed by atoms with Crippen molar-refractivity contribution in [3.05, 3.63) is 36.5 Å². The number of para-hydroxylation sites is 1. The van der Waals surface area contributed by atoms with E-state index >= 15 is 0 Å². The summed E-state index contributed by atoms with van der Waals surface area (Å²) in [5.41, 5.74) is 3.66. The molecule has 2 aromatic rings. The van der Waals surface area contributed by atoms with Gasteiger partial charge in [0.25, 0.3) is 0 Å². The minimum atomic E-state index is 1.09. The normalized spacial score (nSPS) is 10.3. The number of nitrogen functional groups attached to an aromatic ring is 1. The number of nitrogens with zero attached hydrogens (tertiary/aromatic N) is 1. The molecule has 0 bridgehead atoms. The fourth-order valence-electron chi connectivity index (χ4n) is 1.20. The molecule has 3 N–H and O–H groups in total. The maximum atomic E-state index is 5.27. The zero-order valence-electron chi connectivity index (χ0n) is 5.99. The molecule has 2 rings (SSSR count). The summed E-state index contributed by atoms with van der Waals surface area (Å²) in [6, 6.07) is 10.0. The van der Waals surface area contributed by atoms with E-state index in [1.165, 1.54) is 5.39 Å². The van der Waals surface area contributed by atoms with Crippen LogP contribution < -0.4 is 11.4 Å². The quantitative estimate of drug-likeness (QED) is 0.468. The molecule has 1 heterocycles. The van der Waals surface area contributed by atoms with E-state index < -0.39 is 0 Å². The van der Waals surface area contributed by atoms with Crippen LogP contribution in [0.15, 0.2) is 36.5 Å². The predicted molar refractivity (Wildman–Crippen MR) is 45.5 cm³/mol. The van der Waals surface area contributed by atoms with Gasteiger partial charge in [-0.2, -0.15) is 0 Å². The number of aromatic nitrogens is 1. The molecule has 0 aliphatic carbocycles. The number of hydrogen-bond donors (Lipinski definition) is 2. The zero-order chi connectivity index (χ0) is 7.68. The van der Waals surface area contributed by atoms with Crippen molar-refractivity contribution in [2.75, 3.05) is 5.53 Å². The van der Waals surface area contributed by atoms with Crippen LogP contribution in [-0.4, -0.2) is 4.68 Å². The molecule has 0 fully saturated rings. The van der Waals surface area contributed by atoms with Gasteiger partial charge in [-0.1, -0.05) is 18.2 Å². The highest BCUT2D eigenvalue weighted by molar-refractivity contribution is 5.80. The zero-order valence-corrected chi connectivity index (χ0v) is 5.99. The molecule has 3 nitrogen and oxygen atoms in total. The summed E-state index contributed by atoms with van der Waals surface area (Å²) in [6.07, 6.45) is 1.89. The van der Waals surface area contributed by atoms with E-state index in [0.29, 0.717) is 0 Å². The topological polar surface area (TPSA) is 43.0 Å². The van der Waals surface area contributed by atoms with Gasteiger partial charge in [0.2, 0.25) is 0 Å². The molecule has 0 radical (unpaired) electrons. The van der Waals surface area contributed by atoms with Gasteiger partial charge in [0.1, 0.15) is 0 Å². The first-order valence-electron chi connectivity index (χ1n) is 3.44. The van der Waals surface area contributed by atoms with Crippen molar-refractivity contribution < 1.29 is 0 Å². The Hall–Kier alpha value is -1.48. The summed E-state index contributed by atoms with van der Waals surface area (Å²) in [5.74, 6) is 5.27. The Labute approximate surface area is 64.4 Å². The molecular formula is C8H9N3. The van der Waals surface area contributed by atoms with E-state index in [1.807, 2.05) is 36.5 Å². The van der Waals surface area contributed by atoms with Crippen molar-refractivity contribution in [2.24, 2.45) is 5.84 Å². The van der Waals surface area contributed by atoms with Gasteiger partial charge >= 0.3 is 0 Å². The second kappa shape index (κ2) is 2.29. The fourth-order valence-corrected chi connectivity index (χ4v) is 1.20. The first-order valence-corrected chi connectivity index (χ1v) is 3.44. The summed E-state index contributed by atoms with van der Waals surface area (Å²) in [6.45, 7) is 0. The SMILES string of the molecule is NNn1ccc2ccccc21. The molecular weight excluding hydrogens is 138 g/mol. The lowest BCUT2D eigenvalue weighted by molar-refractivity contribution is 0.923. The Morgan fingerprint density at radius 2 is 2.00 bits per heavy atom. The standard InChI is InChI=1S/C8H9N3/c9-10-11-6-5-7-3-1-2-4-8(7)11/h1-6,10H,9H2.